The van der Waals surface area contributed by atoms with Gasteiger partial charge in [0.25, 0.3) is 0 Å². The number of methoxy groups -OCH3 is 1. The van der Waals surface area contributed by atoms with Gasteiger partial charge in [-0.2, -0.15) is 5.26 Å². The molecule has 0 radical (unpaired) electrons. The second-order valence-electron chi connectivity index (χ2n) is 7.93. The molecule has 1 heterocycles. The summed E-state index contributed by atoms with van der Waals surface area (Å²) in [6.45, 7) is 15.1. The first-order valence-electron chi connectivity index (χ1n) is 13.4. The molecule has 0 unspecified atom stereocenters. The average Bonchev–Trinajstić information content (AvgIpc) is 2.95. The summed E-state index contributed by atoms with van der Waals surface area (Å²) in [6, 6.07) is 10.9. The number of nitrogens with one attached hydrogen (secondary N) is 2. The molecule has 0 fully saturated rings. The van der Waals surface area contributed by atoms with Crippen LogP contribution in [0.3, 0.4) is 0 Å². The number of aromatic nitrogens is 1. The summed E-state index contributed by atoms with van der Waals surface area (Å²) in [5, 5.41) is 16.7. The number of carbonyl (C=O) groups excluding carboxylic acids is 1. The standard InChI is InChI=1S/C21H19ClN4O3.C6H13N.2C2H6/c1-4-29-20-9-17-14(8-18(20)24-11-27)21(15(10-23)12(2)25-17)26-13-5-6-19(28-3)16(22)7-13;1-4-5-6-7(2)3;2*1-2/h5-9,11H,4H2,1-3H3,(H,24,27)(H,25,26);4-5H,6H2,1-3H3;2*1-2H3/b;5-4+;;. The maximum absolute atomic E-state index is 11.0. The van der Waals surface area contributed by atoms with Crippen LogP contribution in [-0.2, 0) is 4.79 Å². The summed E-state index contributed by atoms with van der Waals surface area (Å²) in [6.07, 6.45) is 4.76. The molecule has 8 nitrogen and oxygen atoms in total. The second kappa shape index (κ2) is 20.2. The average molecular weight is 570 g/mol. The molecule has 1 aromatic heterocycles. The van der Waals surface area contributed by atoms with Crippen LogP contribution in [-0.4, -0.2) is 50.7 Å². The van der Waals surface area contributed by atoms with E-state index in [1.807, 2.05) is 41.5 Å². The Hall–Kier alpha value is -3.80. The fourth-order valence-corrected chi connectivity index (χ4v) is 3.59. The van der Waals surface area contributed by atoms with Gasteiger partial charge < -0.3 is 25.0 Å². The highest BCUT2D eigenvalue weighted by atomic mass is 35.5. The molecule has 0 bridgehead atoms. The van der Waals surface area contributed by atoms with Gasteiger partial charge in [0, 0.05) is 23.7 Å². The first-order valence-corrected chi connectivity index (χ1v) is 13.7. The van der Waals surface area contributed by atoms with E-state index in [1.54, 1.807) is 44.4 Å². The van der Waals surface area contributed by atoms with Gasteiger partial charge >= 0.3 is 0 Å². The highest BCUT2D eigenvalue weighted by Gasteiger charge is 2.17. The zero-order valence-electron chi connectivity index (χ0n) is 25.5. The zero-order chi connectivity index (χ0) is 30.7. The summed E-state index contributed by atoms with van der Waals surface area (Å²) in [4.78, 5) is 17.7. The van der Waals surface area contributed by atoms with E-state index in [0.717, 1.165) is 6.54 Å². The summed E-state index contributed by atoms with van der Waals surface area (Å²) in [7, 11) is 5.65. The van der Waals surface area contributed by atoms with Crippen LogP contribution in [0, 0.1) is 18.3 Å². The third-order valence-corrected chi connectivity index (χ3v) is 5.32. The number of hydrogen-bond acceptors (Lipinski definition) is 7. The van der Waals surface area contributed by atoms with Gasteiger partial charge in [-0.25, -0.2) is 0 Å². The predicted molar refractivity (Wildman–Crippen MR) is 169 cm³/mol. The minimum Gasteiger partial charge on any atom is -0.495 e. The number of carbonyl (C=O) groups is 1. The minimum absolute atomic E-state index is 0.394. The van der Waals surface area contributed by atoms with Gasteiger partial charge in [0.1, 0.15) is 17.6 Å². The lowest BCUT2D eigenvalue weighted by atomic mass is 10.0. The molecular weight excluding hydrogens is 526 g/mol. The van der Waals surface area contributed by atoms with E-state index in [2.05, 4.69) is 52.8 Å². The number of halogens is 1. The molecule has 218 valence electrons. The van der Waals surface area contributed by atoms with Crippen molar-refractivity contribution in [2.45, 2.75) is 48.5 Å². The highest BCUT2D eigenvalue weighted by Crippen LogP contribution is 2.38. The topological polar surface area (TPSA) is 99.5 Å². The third kappa shape index (κ3) is 10.8. The van der Waals surface area contributed by atoms with Gasteiger partial charge in [-0.05, 0) is 59.1 Å². The number of likely N-dealkylation sites (N-methyl/N-ethyl adjacent to an activating group) is 1. The van der Waals surface area contributed by atoms with E-state index in [9.17, 15) is 10.1 Å². The van der Waals surface area contributed by atoms with Crippen molar-refractivity contribution in [3.63, 3.8) is 0 Å². The van der Waals surface area contributed by atoms with Crippen LogP contribution in [0.25, 0.3) is 10.9 Å². The molecule has 0 saturated carbocycles. The summed E-state index contributed by atoms with van der Waals surface area (Å²) in [5.74, 6) is 1.05. The number of ether oxygens (including phenoxy) is 2. The number of fused-ring (bicyclic) bond motifs is 1. The summed E-state index contributed by atoms with van der Waals surface area (Å²) < 4.78 is 10.8. The van der Waals surface area contributed by atoms with Crippen molar-refractivity contribution in [2.75, 3.05) is 45.0 Å². The van der Waals surface area contributed by atoms with Crippen LogP contribution in [0.4, 0.5) is 17.1 Å². The normalized spacial score (nSPS) is 9.78. The molecule has 9 heteroatoms. The Morgan fingerprint density at radius 3 is 2.27 bits per heavy atom. The maximum Gasteiger partial charge on any atom is 0.211 e. The van der Waals surface area contributed by atoms with Crippen molar-refractivity contribution in [2.24, 2.45) is 0 Å². The smallest absolute Gasteiger partial charge is 0.211 e. The molecule has 0 saturated heterocycles. The molecule has 2 aromatic carbocycles. The Labute approximate surface area is 245 Å². The monoisotopic (exact) mass is 569 g/mol. The second-order valence-corrected chi connectivity index (χ2v) is 8.33. The number of amides is 1. The van der Waals surface area contributed by atoms with E-state index in [-0.39, 0.29) is 0 Å². The number of nitriles is 1. The van der Waals surface area contributed by atoms with Crippen LogP contribution in [0.5, 0.6) is 11.5 Å². The Morgan fingerprint density at radius 1 is 1.12 bits per heavy atom. The molecule has 3 aromatic rings. The van der Waals surface area contributed by atoms with Crippen molar-refractivity contribution < 1.29 is 14.3 Å². The van der Waals surface area contributed by atoms with Gasteiger partial charge in [0.2, 0.25) is 6.41 Å². The molecule has 0 atom stereocenters. The van der Waals surface area contributed by atoms with Gasteiger partial charge in [-0.15, -0.1) is 0 Å². The third-order valence-electron chi connectivity index (χ3n) is 5.02. The molecule has 0 aliphatic rings. The van der Waals surface area contributed by atoms with E-state index in [4.69, 9.17) is 21.1 Å². The quantitative estimate of drug-likeness (QED) is 0.199. The van der Waals surface area contributed by atoms with Crippen molar-refractivity contribution in [3.05, 3.63) is 58.8 Å². The first-order chi connectivity index (χ1) is 19.3. The molecule has 40 heavy (non-hydrogen) atoms. The fraction of sp³-hybridized carbons (Fsp3) is 0.387. The summed E-state index contributed by atoms with van der Waals surface area (Å²) >= 11 is 6.23. The predicted octanol–water partition coefficient (Wildman–Crippen LogP) is 7.96. The van der Waals surface area contributed by atoms with E-state index < -0.39 is 0 Å². The van der Waals surface area contributed by atoms with Crippen LogP contribution >= 0.6 is 11.6 Å². The molecule has 0 aliphatic carbocycles. The van der Waals surface area contributed by atoms with Gasteiger partial charge in [-0.3, -0.25) is 9.78 Å². The van der Waals surface area contributed by atoms with E-state index in [0.29, 0.717) is 68.8 Å². The van der Waals surface area contributed by atoms with Crippen molar-refractivity contribution in [1.82, 2.24) is 9.88 Å². The van der Waals surface area contributed by atoms with E-state index >= 15 is 0 Å². The maximum atomic E-state index is 11.0. The fourth-order valence-electron chi connectivity index (χ4n) is 3.34. The number of allylic oxidation sites excluding steroid dienone is 1. The van der Waals surface area contributed by atoms with Gasteiger partial charge in [0.05, 0.1) is 46.9 Å². The Kier molecular flexibility index (Phi) is 18.2. The van der Waals surface area contributed by atoms with Gasteiger partial charge in [-0.1, -0.05) is 51.4 Å². The van der Waals surface area contributed by atoms with Crippen molar-refractivity contribution >= 4 is 46.0 Å². The number of rotatable bonds is 9. The number of hydrogen-bond donors (Lipinski definition) is 2. The highest BCUT2D eigenvalue weighted by molar-refractivity contribution is 6.32. The molecule has 3 rings (SSSR count). The number of nitrogens with zero attached hydrogens (tertiary/aromatic N) is 3. The zero-order valence-corrected chi connectivity index (χ0v) is 26.2. The lowest BCUT2D eigenvalue weighted by Crippen LogP contribution is -2.10. The Bertz CT molecular complexity index is 1270. The number of aryl methyl sites for hydroxylation is 1. The lowest BCUT2D eigenvalue weighted by Gasteiger charge is -2.17. The Balaban J connectivity index is 0.00000119. The molecule has 0 aliphatic heterocycles. The van der Waals surface area contributed by atoms with Crippen molar-refractivity contribution in [3.8, 4) is 17.6 Å². The Morgan fingerprint density at radius 2 is 1.80 bits per heavy atom. The number of pyridine rings is 1. The van der Waals surface area contributed by atoms with Crippen LogP contribution in [0.2, 0.25) is 5.02 Å². The molecule has 0 spiro atoms. The van der Waals surface area contributed by atoms with E-state index in [1.165, 1.54) is 0 Å². The van der Waals surface area contributed by atoms with Crippen LogP contribution < -0.4 is 20.1 Å². The molecular formula is C31H44ClN5O3. The van der Waals surface area contributed by atoms with Crippen LogP contribution in [0.15, 0.2) is 42.5 Å². The summed E-state index contributed by atoms with van der Waals surface area (Å²) in [5.41, 5.74) is 3.32. The SMILES string of the molecule is C/C=C/CN(C)C.CC.CC.CCOc1cc2nc(C)c(C#N)c(Nc3ccc(OC)c(Cl)c3)c2cc1NC=O. The molecule has 2 N–H and O–H groups in total. The number of anilines is 3. The largest absolute Gasteiger partial charge is 0.495 e. The first kappa shape index (κ1) is 36.2. The molecule has 1 amide bonds. The lowest BCUT2D eigenvalue weighted by molar-refractivity contribution is -0.105. The van der Waals surface area contributed by atoms with Gasteiger partial charge in [0.15, 0.2) is 0 Å². The number of benzene rings is 2. The van der Waals surface area contributed by atoms with Crippen LogP contribution in [0.1, 0.15) is 52.8 Å². The minimum atomic E-state index is 0.394. The van der Waals surface area contributed by atoms with Crippen molar-refractivity contribution in [1.29, 1.82) is 5.26 Å².